The molecule has 25 heavy (non-hydrogen) atoms. The third kappa shape index (κ3) is 3.37. The maximum Gasteiger partial charge on any atom is 0.150 e. The van der Waals surface area contributed by atoms with Crippen molar-refractivity contribution in [3.8, 4) is 22.7 Å². The lowest BCUT2D eigenvalue weighted by molar-refractivity contribution is 0.548. The molecular formula is C19H15N5O. The van der Waals surface area contributed by atoms with E-state index >= 15 is 0 Å². The van der Waals surface area contributed by atoms with Crippen LogP contribution in [0.3, 0.4) is 0 Å². The third-order valence-corrected chi connectivity index (χ3v) is 3.61. The molecule has 0 saturated heterocycles. The highest BCUT2D eigenvalue weighted by Gasteiger charge is 2.06. The Labute approximate surface area is 144 Å². The first kappa shape index (κ1) is 15.0. The average molecular weight is 329 g/mol. The summed E-state index contributed by atoms with van der Waals surface area (Å²) in [6.07, 6.45) is 6.82. The van der Waals surface area contributed by atoms with Crippen LogP contribution in [0.1, 0.15) is 5.76 Å². The van der Waals surface area contributed by atoms with Gasteiger partial charge in [0.15, 0.2) is 5.82 Å². The van der Waals surface area contributed by atoms with Crippen LogP contribution in [0, 0.1) is 6.92 Å². The van der Waals surface area contributed by atoms with Crippen LogP contribution >= 0.6 is 0 Å². The lowest BCUT2D eigenvalue weighted by atomic mass is 10.2. The number of aromatic nitrogens is 4. The minimum atomic E-state index is 0.609. The number of rotatable bonds is 4. The van der Waals surface area contributed by atoms with Gasteiger partial charge in [-0.1, -0.05) is 6.07 Å². The summed E-state index contributed by atoms with van der Waals surface area (Å²) in [7, 11) is 0. The highest BCUT2D eigenvalue weighted by molar-refractivity contribution is 5.61. The second kappa shape index (κ2) is 6.52. The van der Waals surface area contributed by atoms with Gasteiger partial charge in [-0.25, -0.2) is 9.97 Å². The van der Waals surface area contributed by atoms with Crippen LogP contribution in [-0.2, 0) is 0 Å². The van der Waals surface area contributed by atoms with Gasteiger partial charge in [-0.3, -0.25) is 9.97 Å². The molecule has 4 heterocycles. The van der Waals surface area contributed by atoms with Crippen molar-refractivity contribution in [1.82, 2.24) is 19.9 Å². The van der Waals surface area contributed by atoms with Gasteiger partial charge in [-0.15, -0.1) is 0 Å². The van der Waals surface area contributed by atoms with E-state index in [9.17, 15) is 0 Å². The van der Waals surface area contributed by atoms with E-state index in [0.717, 1.165) is 22.8 Å². The van der Waals surface area contributed by atoms with Gasteiger partial charge in [0.05, 0.1) is 18.1 Å². The highest BCUT2D eigenvalue weighted by atomic mass is 16.3. The molecule has 0 bridgehead atoms. The van der Waals surface area contributed by atoms with Gasteiger partial charge in [0.1, 0.15) is 23.0 Å². The number of anilines is 2. The van der Waals surface area contributed by atoms with E-state index < -0.39 is 0 Å². The topological polar surface area (TPSA) is 76.7 Å². The van der Waals surface area contributed by atoms with Crippen molar-refractivity contribution in [2.24, 2.45) is 0 Å². The molecule has 0 saturated carbocycles. The number of nitrogens with zero attached hydrogens (tertiary/aromatic N) is 4. The summed E-state index contributed by atoms with van der Waals surface area (Å²) >= 11 is 0. The summed E-state index contributed by atoms with van der Waals surface area (Å²) in [4.78, 5) is 17.4. The van der Waals surface area contributed by atoms with Gasteiger partial charge in [0.25, 0.3) is 0 Å². The van der Waals surface area contributed by atoms with Crippen LogP contribution in [-0.4, -0.2) is 19.9 Å². The molecule has 122 valence electrons. The summed E-state index contributed by atoms with van der Waals surface area (Å²) in [6, 6.07) is 13.4. The number of hydrogen-bond donors (Lipinski definition) is 1. The van der Waals surface area contributed by atoms with Crippen molar-refractivity contribution in [1.29, 1.82) is 0 Å². The minimum Gasteiger partial charge on any atom is -0.461 e. The van der Waals surface area contributed by atoms with E-state index in [0.29, 0.717) is 17.3 Å². The normalized spacial score (nSPS) is 10.6. The first-order valence-corrected chi connectivity index (χ1v) is 7.81. The first-order chi connectivity index (χ1) is 12.3. The molecule has 0 amide bonds. The Kier molecular flexibility index (Phi) is 3.92. The molecule has 0 aliphatic heterocycles. The number of aryl methyl sites for hydroxylation is 1. The summed E-state index contributed by atoms with van der Waals surface area (Å²) < 4.78 is 5.60. The zero-order chi connectivity index (χ0) is 17.1. The lowest BCUT2D eigenvalue weighted by Gasteiger charge is -2.06. The molecule has 0 radical (unpaired) electrons. The summed E-state index contributed by atoms with van der Waals surface area (Å²) in [6.45, 7) is 1.92. The largest absolute Gasteiger partial charge is 0.461 e. The summed E-state index contributed by atoms with van der Waals surface area (Å²) in [5.41, 5.74) is 2.40. The van der Waals surface area contributed by atoms with Crippen molar-refractivity contribution < 1.29 is 4.42 Å². The highest BCUT2D eigenvalue weighted by Crippen LogP contribution is 2.23. The van der Waals surface area contributed by atoms with Crippen molar-refractivity contribution in [3.63, 3.8) is 0 Å². The standard InChI is InChI=1S/C19H15N5O/c1-13-5-7-17(25-13)14-6-8-18(22-10-14)24-19-12-20-11-16(23-19)15-4-2-3-9-21-15/h2-12H,1H3,(H,22,23,24). The Morgan fingerprint density at radius 3 is 2.52 bits per heavy atom. The first-order valence-electron chi connectivity index (χ1n) is 7.81. The molecule has 0 unspecified atom stereocenters. The minimum absolute atomic E-state index is 0.609. The van der Waals surface area contributed by atoms with Crippen molar-refractivity contribution in [2.75, 3.05) is 5.32 Å². The van der Waals surface area contributed by atoms with Crippen LogP contribution < -0.4 is 5.32 Å². The fourth-order valence-electron chi connectivity index (χ4n) is 2.40. The average Bonchev–Trinajstić information content (AvgIpc) is 3.10. The van der Waals surface area contributed by atoms with Gasteiger partial charge in [0, 0.05) is 18.0 Å². The SMILES string of the molecule is Cc1ccc(-c2ccc(Nc3cncc(-c4ccccn4)n3)nc2)o1. The van der Waals surface area contributed by atoms with E-state index in [1.807, 2.05) is 49.4 Å². The Morgan fingerprint density at radius 2 is 1.80 bits per heavy atom. The third-order valence-electron chi connectivity index (χ3n) is 3.61. The predicted octanol–water partition coefficient (Wildman–Crippen LogP) is 4.25. The van der Waals surface area contributed by atoms with E-state index in [1.54, 1.807) is 24.8 Å². The molecule has 0 fully saturated rings. The van der Waals surface area contributed by atoms with Gasteiger partial charge in [-0.2, -0.15) is 0 Å². The predicted molar refractivity (Wildman–Crippen MR) is 95.2 cm³/mol. The second-order valence-electron chi connectivity index (χ2n) is 5.47. The van der Waals surface area contributed by atoms with Crippen molar-refractivity contribution in [2.45, 2.75) is 6.92 Å². The smallest absolute Gasteiger partial charge is 0.150 e. The van der Waals surface area contributed by atoms with Gasteiger partial charge in [0.2, 0.25) is 0 Å². The number of pyridine rings is 2. The zero-order valence-electron chi connectivity index (χ0n) is 13.5. The van der Waals surface area contributed by atoms with Crippen molar-refractivity contribution in [3.05, 3.63) is 73.0 Å². The van der Waals surface area contributed by atoms with Gasteiger partial charge in [-0.05, 0) is 43.3 Å². The number of nitrogens with one attached hydrogen (secondary N) is 1. The van der Waals surface area contributed by atoms with E-state index in [2.05, 4.69) is 25.3 Å². The molecule has 4 aromatic heterocycles. The second-order valence-corrected chi connectivity index (χ2v) is 5.47. The molecule has 1 N–H and O–H groups in total. The fraction of sp³-hybridized carbons (Fsp3) is 0.0526. The maximum atomic E-state index is 5.60. The van der Waals surface area contributed by atoms with Crippen LogP contribution in [0.2, 0.25) is 0 Å². The van der Waals surface area contributed by atoms with Crippen LogP contribution in [0.15, 0.2) is 71.7 Å². The Hall–Kier alpha value is -3.54. The Bertz CT molecular complexity index is 980. The zero-order valence-corrected chi connectivity index (χ0v) is 13.5. The van der Waals surface area contributed by atoms with Crippen LogP contribution in [0.5, 0.6) is 0 Å². The van der Waals surface area contributed by atoms with Crippen molar-refractivity contribution >= 4 is 11.6 Å². The van der Waals surface area contributed by atoms with Gasteiger partial charge < -0.3 is 9.73 Å². The number of hydrogen-bond acceptors (Lipinski definition) is 6. The lowest BCUT2D eigenvalue weighted by Crippen LogP contribution is -1.98. The monoisotopic (exact) mass is 329 g/mol. The summed E-state index contributed by atoms with van der Waals surface area (Å²) in [5.74, 6) is 2.96. The Morgan fingerprint density at radius 1 is 0.840 bits per heavy atom. The van der Waals surface area contributed by atoms with E-state index in [4.69, 9.17) is 4.42 Å². The molecule has 6 heteroatoms. The molecule has 4 rings (SSSR count). The molecule has 4 aromatic rings. The van der Waals surface area contributed by atoms with E-state index in [-0.39, 0.29) is 0 Å². The molecule has 0 aromatic carbocycles. The molecule has 0 aliphatic rings. The van der Waals surface area contributed by atoms with Crippen LogP contribution in [0.25, 0.3) is 22.7 Å². The Balaban J connectivity index is 1.54. The van der Waals surface area contributed by atoms with E-state index in [1.165, 1.54) is 0 Å². The molecular weight excluding hydrogens is 314 g/mol. The number of furan rings is 1. The quantitative estimate of drug-likeness (QED) is 0.603. The maximum absolute atomic E-state index is 5.60. The van der Waals surface area contributed by atoms with Gasteiger partial charge >= 0.3 is 0 Å². The molecule has 0 aliphatic carbocycles. The van der Waals surface area contributed by atoms with Crippen LogP contribution in [0.4, 0.5) is 11.6 Å². The molecule has 0 atom stereocenters. The molecule has 6 nitrogen and oxygen atoms in total. The fourth-order valence-corrected chi connectivity index (χ4v) is 2.40. The summed E-state index contributed by atoms with van der Waals surface area (Å²) in [5, 5.41) is 3.15. The molecule has 0 spiro atoms.